The third-order valence-electron chi connectivity index (χ3n) is 4.95. The molecule has 8 heteroatoms. The van der Waals surface area contributed by atoms with Gasteiger partial charge in [-0.3, -0.25) is 4.79 Å². The number of rotatable bonds is 8. The molecule has 0 bridgehead atoms. The van der Waals surface area contributed by atoms with Gasteiger partial charge >= 0.3 is 0 Å². The van der Waals surface area contributed by atoms with Gasteiger partial charge in [-0.15, -0.1) is 0 Å². The summed E-state index contributed by atoms with van der Waals surface area (Å²) in [5.74, 6) is 0.314. The first-order chi connectivity index (χ1) is 13.9. The fourth-order valence-electron chi connectivity index (χ4n) is 3.23. The Kier molecular flexibility index (Phi) is 7.22. The summed E-state index contributed by atoms with van der Waals surface area (Å²) in [5.41, 5.74) is 0. The molecule has 0 saturated carbocycles. The van der Waals surface area contributed by atoms with Gasteiger partial charge in [0.2, 0.25) is 15.9 Å². The number of nitrogens with zero attached hydrogens (tertiary/aromatic N) is 1. The number of halogens is 1. The van der Waals surface area contributed by atoms with Crippen LogP contribution in [0.5, 0.6) is 5.75 Å². The maximum atomic E-state index is 12.8. The summed E-state index contributed by atoms with van der Waals surface area (Å²) in [6, 6.07) is 14.1. The monoisotopic (exact) mass is 420 g/mol. The molecule has 1 amide bonds. The van der Waals surface area contributed by atoms with Gasteiger partial charge in [-0.2, -0.15) is 4.31 Å². The number of carbonyl (C=O) groups is 1. The Bertz CT molecular complexity index is 896. The second-order valence-corrected chi connectivity index (χ2v) is 8.95. The Morgan fingerprint density at radius 2 is 1.72 bits per heavy atom. The van der Waals surface area contributed by atoms with Crippen molar-refractivity contribution in [1.82, 2.24) is 9.62 Å². The minimum absolute atomic E-state index is 0.119. The molecule has 1 N–H and O–H groups in total. The smallest absolute Gasteiger partial charge is 0.243 e. The van der Waals surface area contributed by atoms with E-state index >= 15 is 0 Å². The Labute approximate surface area is 170 Å². The summed E-state index contributed by atoms with van der Waals surface area (Å²) in [5, 5.41) is 2.89. The van der Waals surface area contributed by atoms with E-state index in [9.17, 15) is 17.6 Å². The molecule has 156 valence electrons. The van der Waals surface area contributed by atoms with Crippen molar-refractivity contribution < 1.29 is 22.3 Å². The quantitative estimate of drug-likeness (QED) is 0.713. The Morgan fingerprint density at radius 1 is 1.07 bits per heavy atom. The van der Waals surface area contributed by atoms with Crippen molar-refractivity contribution in [1.29, 1.82) is 0 Å². The highest BCUT2D eigenvalue weighted by Crippen LogP contribution is 2.23. The molecular weight excluding hydrogens is 395 g/mol. The lowest BCUT2D eigenvalue weighted by Crippen LogP contribution is -2.41. The molecular formula is C21H25FN2O4S. The second-order valence-electron chi connectivity index (χ2n) is 7.02. The normalized spacial score (nSPS) is 15.8. The van der Waals surface area contributed by atoms with Crippen molar-refractivity contribution >= 4 is 15.9 Å². The molecule has 0 aliphatic carbocycles. The Morgan fingerprint density at radius 3 is 2.38 bits per heavy atom. The van der Waals surface area contributed by atoms with Crippen LogP contribution in [0.1, 0.15) is 19.3 Å². The van der Waals surface area contributed by atoms with Crippen molar-refractivity contribution in [3.8, 4) is 5.75 Å². The number of carbonyl (C=O) groups excluding carboxylic acids is 1. The number of hydrogen-bond acceptors (Lipinski definition) is 4. The first-order valence-electron chi connectivity index (χ1n) is 9.65. The number of hydrogen-bond donors (Lipinski definition) is 1. The van der Waals surface area contributed by atoms with Gasteiger partial charge in [0, 0.05) is 19.6 Å². The summed E-state index contributed by atoms with van der Waals surface area (Å²) in [6.07, 6.45) is 1.62. The van der Waals surface area contributed by atoms with Crippen LogP contribution >= 0.6 is 0 Å². The lowest BCUT2D eigenvalue weighted by atomic mass is 9.98. The van der Waals surface area contributed by atoms with Gasteiger partial charge in [0.25, 0.3) is 0 Å². The lowest BCUT2D eigenvalue weighted by molar-refractivity contribution is -0.121. The highest BCUT2D eigenvalue weighted by Gasteiger charge is 2.29. The number of piperidine rings is 1. The van der Waals surface area contributed by atoms with E-state index in [2.05, 4.69) is 5.32 Å². The summed E-state index contributed by atoms with van der Waals surface area (Å²) in [4.78, 5) is 12.3. The van der Waals surface area contributed by atoms with E-state index in [1.807, 2.05) is 0 Å². The first-order valence-corrected chi connectivity index (χ1v) is 11.1. The fraction of sp³-hybridized carbons (Fsp3) is 0.381. The molecule has 6 nitrogen and oxygen atoms in total. The number of benzene rings is 2. The van der Waals surface area contributed by atoms with E-state index in [0.717, 1.165) is 0 Å². The molecule has 1 aliphatic rings. The third kappa shape index (κ3) is 6.01. The molecule has 1 saturated heterocycles. The minimum Gasteiger partial charge on any atom is -0.493 e. The largest absolute Gasteiger partial charge is 0.493 e. The maximum Gasteiger partial charge on any atom is 0.243 e. The van der Waals surface area contributed by atoms with Crippen molar-refractivity contribution in [2.24, 2.45) is 5.92 Å². The molecule has 1 aliphatic heterocycles. The first kappa shape index (κ1) is 21.3. The summed E-state index contributed by atoms with van der Waals surface area (Å²) >= 11 is 0. The number of nitrogens with one attached hydrogen (secondary N) is 1. The summed E-state index contributed by atoms with van der Waals surface area (Å²) in [6.45, 7) is 1.64. The third-order valence-corrected chi connectivity index (χ3v) is 6.87. The zero-order valence-electron chi connectivity index (χ0n) is 16.1. The molecule has 1 heterocycles. The van der Waals surface area contributed by atoms with Crippen LogP contribution < -0.4 is 10.1 Å². The topological polar surface area (TPSA) is 75.7 Å². The van der Waals surface area contributed by atoms with Gasteiger partial charge in [-0.25, -0.2) is 12.8 Å². The second kappa shape index (κ2) is 9.84. The average molecular weight is 421 g/mol. The maximum absolute atomic E-state index is 12.8. The van der Waals surface area contributed by atoms with Crippen molar-refractivity contribution in [3.63, 3.8) is 0 Å². The van der Waals surface area contributed by atoms with Crippen LogP contribution in [0, 0.1) is 11.7 Å². The predicted molar refractivity (Wildman–Crippen MR) is 107 cm³/mol. The minimum atomic E-state index is -3.45. The average Bonchev–Trinajstić information content (AvgIpc) is 2.74. The van der Waals surface area contributed by atoms with Crippen LogP contribution in [0.15, 0.2) is 59.5 Å². The van der Waals surface area contributed by atoms with E-state index in [1.54, 1.807) is 30.3 Å². The zero-order valence-corrected chi connectivity index (χ0v) is 16.9. The molecule has 0 spiro atoms. The molecule has 0 atom stereocenters. The Balaban J connectivity index is 1.36. The van der Waals surface area contributed by atoms with Crippen LogP contribution in [0.2, 0.25) is 0 Å². The highest BCUT2D eigenvalue weighted by atomic mass is 32.2. The number of ether oxygens (including phenoxy) is 1. The van der Waals surface area contributed by atoms with Crippen LogP contribution in [-0.2, 0) is 14.8 Å². The Hall–Kier alpha value is -2.45. The van der Waals surface area contributed by atoms with E-state index in [-0.39, 0.29) is 30.7 Å². The summed E-state index contributed by atoms with van der Waals surface area (Å²) < 4.78 is 45.0. The standard InChI is InChI=1S/C21H25FN2O4S/c22-18-6-8-19(9-7-18)28-15-12-21(25)23-16-17-10-13-24(14-11-17)29(26,27)20-4-2-1-3-5-20/h1-9,17H,10-16H2,(H,23,25). The lowest BCUT2D eigenvalue weighted by Gasteiger charge is -2.31. The van der Waals surface area contributed by atoms with E-state index in [4.69, 9.17) is 4.74 Å². The molecule has 2 aromatic carbocycles. The molecule has 0 aromatic heterocycles. The van der Waals surface area contributed by atoms with E-state index < -0.39 is 10.0 Å². The SMILES string of the molecule is O=C(CCOc1ccc(F)cc1)NCC1CCN(S(=O)(=O)c2ccccc2)CC1. The fourth-order valence-corrected chi connectivity index (χ4v) is 4.73. The van der Waals surface area contributed by atoms with Gasteiger partial charge in [-0.05, 0) is 55.2 Å². The van der Waals surface area contributed by atoms with Gasteiger partial charge in [0.1, 0.15) is 11.6 Å². The zero-order chi connectivity index (χ0) is 20.7. The van der Waals surface area contributed by atoms with Crippen LogP contribution in [-0.4, -0.2) is 44.9 Å². The predicted octanol–water partition coefficient (Wildman–Crippen LogP) is 2.81. The molecule has 3 rings (SSSR count). The number of amides is 1. The van der Waals surface area contributed by atoms with Crippen molar-refractivity contribution in [2.75, 3.05) is 26.2 Å². The molecule has 29 heavy (non-hydrogen) atoms. The van der Waals surface area contributed by atoms with Crippen LogP contribution in [0.4, 0.5) is 4.39 Å². The van der Waals surface area contributed by atoms with E-state index in [1.165, 1.54) is 28.6 Å². The molecule has 0 unspecified atom stereocenters. The van der Waals surface area contributed by atoms with Crippen molar-refractivity contribution in [2.45, 2.75) is 24.2 Å². The highest BCUT2D eigenvalue weighted by molar-refractivity contribution is 7.89. The van der Waals surface area contributed by atoms with Crippen LogP contribution in [0.25, 0.3) is 0 Å². The molecule has 1 fully saturated rings. The van der Waals surface area contributed by atoms with E-state index in [0.29, 0.717) is 43.1 Å². The summed E-state index contributed by atoms with van der Waals surface area (Å²) in [7, 11) is -3.45. The molecule has 2 aromatic rings. The van der Waals surface area contributed by atoms with Crippen LogP contribution in [0.3, 0.4) is 0 Å². The van der Waals surface area contributed by atoms with Crippen molar-refractivity contribution in [3.05, 3.63) is 60.4 Å². The van der Waals surface area contributed by atoms with Gasteiger partial charge in [-0.1, -0.05) is 18.2 Å². The number of sulfonamides is 1. The van der Waals surface area contributed by atoms with Gasteiger partial charge < -0.3 is 10.1 Å². The molecule has 0 radical (unpaired) electrons. The van der Waals surface area contributed by atoms with Gasteiger partial charge in [0.05, 0.1) is 17.9 Å². The van der Waals surface area contributed by atoms with Gasteiger partial charge in [0.15, 0.2) is 0 Å².